The second-order valence-corrected chi connectivity index (χ2v) is 5.37. The predicted octanol–water partition coefficient (Wildman–Crippen LogP) is 0.290. The van der Waals surface area contributed by atoms with Gasteiger partial charge in [0.1, 0.15) is 0 Å². The molecule has 2 fully saturated rings. The van der Waals surface area contributed by atoms with E-state index in [9.17, 15) is 5.11 Å². The van der Waals surface area contributed by atoms with Crippen molar-refractivity contribution in [3.05, 3.63) is 0 Å². The lowest BCUT2D eigenvalue weighted by Crippen LogP contribution is -2.53. The van der Waals surface area contributed by atoms with Gasteiger partial charge in [-0.25, -0.2) is 0 Å². The molecule has 4 nitrogen and oxygen atoms in total. The Hall–Kier alpha value is -0.160. The predicted molar refractivity (Wildman–Crippen MR) is 68.0 cm³/mol. The Labute approximate surface area is 104 Å². The first-order chi connectivity index (χ1) is 8.31. The molecule has 1 aliphatic carbocycles. The summed E-state index contributed by atoms with van der Waals surface area (Å²) in [6, 6.07) is 0.383. The first-order valence-corrected chi connectivity index (χ1v) is 7.06. The van der Waals surface area contributed by atoms with E-state index in [1.54, 1.807) is 0 Å². The molecule has 0 amide bonds. The molecular weight excluding hydrogens is 216 g/mol. The quantitative estimate of drug-likeness (QED) is 0.698. The van der Waals surface area contributed by atoms with E-state index in [1.165, 1.54) is 19.3 Å². The summed E-state index contributed by atoms with van der Waals surface area (Å²) in [6.45, 7) is 5.20. The highest BCUT2D eigenvalue weighted by Crippen LogP contribution is 2.23. The molecule has 2 atom stereocenters. The lowest BCUT2D eigenvalue weighted by molar-refractivity contribution is 0.0126. The highest BCUT2D eigenvalue weighted by molar-refractivity contribution is 4.85. The summed E-state index contributed by atoms with van der Waals surface area (Å²) in [5.74, 6) is 0. The van der Waals surface area contributed by atoms with Crippen LogP contribution in [0.25, 0.3) is 0 Å². The van der Waals surface area contributed by atoms with Crippen molar-refractivity contribution >= 4 is 0 Å². The van der Waals surface area contributed by atoms with Crippen LogP contribution < -0.4 is 0 Å². The molecule has 1 saturated carbocycles. The molecule has 2 unspecified atom stereocenters. The average Bonchev–Trinajstić information content (AvgIpc) is 2.56. The molecule has 17 heavy (non-hydrogen) atoms. The Bertz CT molecular complexity index is 217. The lowest BCUT2D eigenvalue weighted by Gasteiger charge is -2.40. The van der Waals surface area contributed by atoms with Crippen molar-refractivity contribution in [3.63, 3.8) is 0 Å². The van der Waals surface area contributed by atoms with Gasteiger partial charge in [-0.2, -0.15) is 0 Å². The van der Waals surface area contributed by atoms with Crippen molar-refractivity contribution in [2.24, 2.45) is 0 Å². The van der Waals surface area contributed by atoms with Crippen LogP contribution in [0.2, 0.25) is 0 Å². The summed E-state index contributed by atoms with van der Waals surface area (Å²) in [7, 11) is 0. The van der Waals surface area contributed by atoms with Crippen LogP contribution in [0.1, 0.15) is 32.1 Å². The van der Waals surface area contributed by atoms with Crippen LogP contribution in [-0.2, 0) is 0 Å². The van der Waals surface area contributed by atoms with E-state index in [4.69, 9.17) is 5.11 Å². The smallest absolute Gasteiger partial charge is 0.0695 e. The molecule has 0 aromatic heterocycles. The van der Waals surface area contributed by atoms with Crippen molar-refractivity contribution in [1.82, 2.24) is 9.80 Å². The van der Waals surface area contributed by atoms with Gasteiger partial charge < -0.3 is 10.2 Å². The van der Waals surface area contributed by atoms with Crippen LogP contribution >= 0.6 is 0 Å². The lowest BCUT2D eigenvalue weighted by atomic mass is 10.0. The Morgan fingerprint density at radius 1 is 0.941 bits per heavy atom. The molecule has 0 aromatic carbocycles. The number of hydrogen-bond donors (Lipinski definition) is 2. The van der Waals surface area contributed by atoms with E-state index in [1.807, 2.05) is 0 Å². The summed E-state index contributed by atoms with van der Waals surface area (Å²) >= 11 is 0. The highest BCUT2D eigenvalue weighted by atomic mass is 16.3. The fourth-order valence-electron chi connectivity index (χ4n) is 3.15. The van der Waals surface area contributed by atoms with E-state index in [2.05, 4.69) is 9.80 Å². The Morgan fingerprint density at radius 3 is 2.35 bits per heavy atom. The van der Waals surface area contributed by atoms with Gasteiger partial charge in [-0.15, -0.1) is 0 Å². The molecule has 0 bridgehead atoms. The molecule has 4 heteroatoms. The average molecular weight is 242 g/mol. The summed E-state index contributed by atoms with van der Waals surface area (Å²) in [6.07, 6.45) is 5.73. The number of piperazine rings is 1. The van der Waals surface area contributed by atoms with E-state index in [0.29, 0.717) is 6.04 Å². The first-order valence-electron chi connectivity index (χ1n) is 7.06. The maximum atomic E-state index is 10.2. The molecule has 2 rings (SSSR count). The second-order valence-electron chi connectivity index (χ2n) is 5.37. The molecule has 1 aliphatic heterocycles. The van der Waals surface area contributed by atoms with Crippen LogP contribution in [-0.4, -0.2) is 71.5 Å². The van der Waals surface area contributed by atoms with Crippen molar-refractivity contribution in [2.45, 2.75) is 44.2 Å². The normalized spacial score (nSPS) is 33.5. The largest absolute Gasteiger partial charge is 0.395 e. The van der Waals surface area contributed by atoms with Crippen molar-refractivity contribution in [3.8, 4) is 0 Å². The highest BCUT2D eigenvalue weighted by Gasteiger charge is 2.29. The SMILES string of the molecule is OCCN1CCN(C2CCCCCC2O)CC1. The minimum absolute atomic E-state index is 0.123. The fourth-order valence-corrected chi connectivity index (χ4v) is 3.15. The molecule has 0 radical (unpaired) electrons. The van der Waals surface area contributed by atoms with E-state index >= 15 is 0 Å². The van der Waals surface area contributed by atoms with Gasteiger partial charge in [0.2, 0.25) is 0 Å². The van der Waals surface area contributed by atoms with Crippen LogP contribution in [0.3, 0.4) is 0 Å². The van der Waals surface area contributed by atoms with E-state index < -0.39 is 0 Å². The van der Waals surface area contributed by atoms with Crippen LogP contribution in [0.4, 0.5) is 0 Å². The zero-order valence-electron chi connectivity index (χ0n) is 10.7. The van der Waals surface area contributed by atoms with Crippen LogP contribution in [0.15, 0.2) is 0 Å². The molecule has 1 heterocycles. The third-order valence-electron chi connectivity index (χ3n) is 4.24. The number of hydrogen-bond acceptors (Lipinski definition) is 4. The monoisotopic (exact) mass is 242 g/mol. The number of aliphatic hydroxyl groups excluding tert-OH is 2. The van der Waals surface area contributed by atoms with Crippen LogP contribution in [0.5, 0.6) is 0 Å². The molecular formula is C13H26N2O2. The van der Waals surface area contributed by atoms with Gasteiger partial charge in [0.15, 0.2) is 0 Å². The summed E-state index contributed by atoms with van der Waals surface area (Å²) < 4.78 is 0. The van der Waals surface area contributed by atoms with Gasteiger partial charge in [0.05, 0.1) is 12.7 Å². The van der Waals surface area contributed by atoms with Gasteiger partial charge in [0, 0.05) is 38.8 Å². The van der Waals surface area contributed by atoms with Gasteiger partial charge in [-0.1, -0.05) is 19.3 Å². The number of rotatable bonds is 3. The zero-order chi connectivity index (χ0) is 12.1. The Balaban J connectivity index is 1.82. The van der Waals surface area contributed by atoms with Gasteiger partial charge in [0.25, 0.3) is 0 Å². The van der Waals surface area contributed by atoms with Crippen molar-refractivity contribution in [1.29, 1.82) is 0 Å². The second kappa shape index (κ2) is 6.69. The van der Waals surface area contributed by atoms with E-state index in [0.717, 1.165) is 45.6 Å². The number of β-amino-alcohol motifs (C(OH)–C–C–N with tert-alkyl or cyclic N) is 1. The van der Waals surface area contributed by atoms with Gasteiger partial charge in [-0.3, -0.25) is 9.80 Å². The van der Waals surface area contributed by atoms with Crippen molar-refractivity contribution < 1.29 is 10.2 Å². The Morgan fingerprint density at radius 2 is 1.65 bits per heavy atom. The molecule has 0 aromatic rings. The minimum atomic E-state index is -0.123. The zero-order valence-corrected chi connectivity index (χ0v) is 10.7. The first kappa shape index (κ1) is 13.3. The summed E-state index contributed by atoms with van der Waals surface area (Å²) in [5, 5.41) is 19.1. The third-order valence-corrected chi connectivity index (χ3v) is 4.24. The van der Waals surface area contributed by atoms with Gasteiger partial charge in [-0.05, 0) is 12.8 Å². The molecule has 2 aliphatic rings. The molecule has 100 valence electrons. The molecule has 1 saturated heterocycles. The molecule has 2 N–H and O–H groups in total. The van der Waals surface area contributed by atoms with Crippen LogP contribution in [0, 0.1) is 0 Å². The maximum Gasteiger partial charge on any atom is 0.0695 e. The summed E-state index contributed by atoms with van der Waals surface area (Å²) in [5.41, 5.74) is 0. The third kappa shape index (κ3) is 3.65. The number of nitrogens with zero attached hydrogens (tertiary/aromatic N) is 2. The topological polar surface area (TPSA) is 46.9 Å². The van der Waals surface area contributed by atoms with E-state index in [-0.39, 0.29) is 12.7 Å². The minimum Gasteiger partial charge on any atom is -0.395 e. The van der Waals surface area contributed by atoms with Crippen molar-refractivity contribution in [2.75, 3.05) is 39.3 Å². The standard InChI is InChI=1S/C13H26N2O2/c16-11-10-14-6-8-15(9-7-14)12-4-2-1-3-5-13(12)17/h12-13,16-17H,1-11H2. The maximum absolute atomic E-state index is 10.2. The summed E-state index contributed by atoms with van der Waals surface area (Å²) in [4.78, 5) is 4.77. The Kier molecular flexibility index (Phi) is 5.22. The van der Waals surface area contributed by atoms with Gasteiger partial charge >= 0.3 is 0 Å². The number of aliphatic hydroxyl groups is 2. The fraction of sp³-hybridized carbons (Fsp3) is 1.00. The molecule has 0 spiro atoms.